The number of hydrogen-bond donors (Lipinski definition) is 0. The number of rotatable bonds is 6. The van der Waals surface area contributed by atoms with E-state index in [4.69, 9.17) is 4.74 Å². The molecule has 1 aromatic heterocycles. The van der Waals surface area contributed by atoms with E-state index in [0.717, 1.165) is 29.5 Å². The lowest BCUT2D eigenvalue weighted by Gasteiger charge is -2.26. The van der Waals surface area contributed by atoms with Gasteiger partial charge in [-0.2, -0.15) is 0 Å². The van der Waals surface area contributed by atoms with Crippen LogP contribution in [-0.4, -0.2) is 65.5 Å². The zero-order chi connectivity index (χ0) is 21.6. The van der Waals surface area contributed by atoms with Crippen molar-refractivity contribution in [3.8, 4) is 11.1 Å². The molecular formula is C25H29N3O3. The van der Waals surface area contributed by atoms with Crippen molar-refractivity contribution < 1.29 is 14.3 Å². The Labute approximate surface area is 183 Å². The van der Waals surface area contributed by atoms with Crippen LogP contribution in [0.2, 0.25) is 0 Å². The molecule has 0 unspecified atom stereocenters. The van der Waals surface area contributed by atoms with E-state index in [9.17, 15) is 9.59 Å². The molecule has 2 aromatic rings. The van der Waals surface area contributed by atoms with Gasteiger partial charge in [-0.05, 0) is 36.5 Å². The van der Waals surface area contributed by atoms with Gasteiger partial charge >= 0.3 is 0 Å². The molecule has 31 heavy (non-hydrogen) atoms. The van der Waals surface area contributed by atoms with Gasteiger partial charge in [0.1, 0.15) is 6.10 Å². The predicted octanol–water partition coefficient (Wildman–Crippen LogP) is 2.94. The molecule has 4 rings (SSSR count). The lowest BCUT2D eigenvalue weighted by atomic mass is 9.91. The zero-order valence-corrected chi connectivity index (χ0v) is 17.8. The highest BCUT2D eigenvalue weighted by molar-refractivity contribution is 5.84. The van der Waals surface area contributed by atoms with Gasteiger partial charge in [-0.15, -0.1) is 6.58 Å². The number of pyridine rings is 1. The van der Waals surface area contributed by atoms with E-state index < -0.39 is 0 Å². The third-order valence-corrected chi connectivity index (χ3v) is 6.06. The van der Waals surface area contributed by atoms with E-state index in [1.54, 1.807) is 12.3 Å². The number of carbonyl (C=O) groups excluding carboxylic acids is 2. The third-order valence-electron chi connectivity index (χ3n) is 6.06. The topological polar surface area (TPSA) is 62.7 Å². The predicted molar refractivity (Wildman–Crippen MR) is 119 cm³/mol. The number of ether oxygens (including phenoxy) is 1. The summed E-state index contributed by atoms with van der Waals surface area (Å²) >= 11 is 0. The Morgan fingerprint density at radius 1 is 1.23 bits per heavy atom. The SMILES string of the molecule is C=CCN1CCN(C(=O)[C@H]2CCCO2)C[C@H](Cc2ccccc2-c2cccnc2)C1=O. The molecule has 2 aliphatic rings. The highest BCUT2D eigenvalue weighted by Gasteiger charge is 2.35. The Hall–Kier alpha value is -2.99. The van der Waals surface area contributed by atoms with Gasteiger partial charge in [0.2, 0.25) is 5.91 Å². The number of benzene rings is 1. The van der Waals surface area contributed by atoms with Crippen molar-refractivity contribution in [2.75, 3.05) is 32.8 Å². The van der Waals surface area contributed by atoms with Crippen molar-refractivity contribution in [2.24, 2.45) is 5.92 Å². The molecule has 0 saturated carbocycles. The lowest BCUT2D eigenvalue weighted by Crippen LogP contribution is -2.42. The fraction of sp³-hybridized carbons (Fsp3) is 0.400. The first-order valence-electron chi connectivity index (χ1n) is 11.0. The number of aromatic nitrogens is 1. The Morgan fingerprint density at radius 2 is 2.10 bits per heavy atom. The molecule has 0 spiro atoms. The maximum atomic E-state index is 13.4. The van der Waals surface area contributed by atoms with Gasteiger partial charge in [-0.3, -0.25) is 14.6 Å². The molecule has 0 N–H and O–H groups in total. The van der Waals surface area contributed by atoms with Crippen LogP contribution in [-0.2, 0) is 20.7 Å². The van der Waals surface area contributed by atoms with Crippen LogP contribution in [0, 0.1) is 5.92 Å². The Bertz CT molecular complexity index is 925. The lowest BCUT2D eigenvalue weighted by molar-refractivity contribution is -0.141. The summed E-state index contributed by atoms with van der Waals surface area (Å²) in [5, 5.41) is 0. The fourth-order valence-corrected chi connectivity index (χ4v) is 4.48. The van der Waals surface area contributed by atoms with Crippen LogP contribution < -0.4 is 0 Å². The van der Waals surface area contributed by atoms with E-state index in [1.807, 2.05) is 40.3 Å². The van der Waals surface area contributed by atoms with Crippen molar-refractivity contribution in [1.29, 1.82) is 0 Å². The van der Waals surface area contributed by atoms with Crippen molar-refractivity contribution in [1.82, 2.24) is 14.8 Å². The molecule has 0 aliphatic carbocycles. The summed E-state index contributed by atoms with van der Waals surface area (Å²) in [6, 6.07) is 12.1. The summed E-state index contributed by atoms with van der Waals surface area (Å²) in [5.74, 6) is -0.231. The molecule has 1 aromatic carbocycles. The molecule has 6 heteroatoms. The van der Waals surface area contributed by atoms with Gasteiger partial charge in [0.25, 0.3) is 5.91 Å². The number of hydrogen-bond acceptors (Lipinski definition) is 4. The number of nitrogens with zero attached hydrogens (tertiary/aromatic N) is 3. The van der Waals surface area contributed by atoms with Gasteiger partial charge in [-0.1, -0.05) is 36.4 Å². The van der Waals surface area contributed by atoms with Crippen molar-refractivity contribution in [3.05, 3.63) is 67.0 Å². The molecular weight excluding hydrogens is 390 g/mol. The summed E-state index contributed by atoms with van der Waals surface area (Å²) in [5.41, 5.74) is 3.17. The first kappa shape index (κ1) is 21.2. The highest BCUT2D eigenvalue weighted by Crippen LogP contribution is 2.27. The average molecular weight is 420 g/mol. The van der Waals surface area contributed by atoms with Gasteiger partial charge in [0.15, 0.2) is 0 Å². The Kier molecular flexibility index (Phi) is 6.77. The minimum atomic E-state index is -0.371. The second kappa shape index (κ2) is 9.88. The fourth-order valence-electron chi connectivity index (χ4n) is 4.48. The summed E-state index contributed by atoms with van der Waals surface area (Å²) in [6.07, 6.45) is 7.20. The molecule has 2 amide bonds. The van der Waals surface area contributed by atoms with Crippen LogP contribution in [0.3, 0.4) is 0 Å². The molecule has 2 saturated heterocycles. The van der Waals surface area contributed by atoms with E-state index in [2.05, 4.69) is 23.7 Å². The molecule has 0 radical (unpaired) electrons. The van der Waals surface area contributed by atoms with Gasteiger partial charge in [0.05, 0.1) is 5.92 Å². The smallest absolute Gasteiger partial charge is 0.251 e. The first-order chi connectivity index (χ1) is 15.2. The van der Waals surface area contributed by atoms with Gasteiger partial charge < -0.3 is 14.5 Å². The molecule has 2 aliphatic heterocycles. The van der Waals surface area contributed by atoms with Crippen molar-refractivity contribution in [2.45, 2.75) is 25.4 Å². The summed E-state index contributed by atoms with van der Waals surface area (Å²) in [6.45, 7) is 6.37. The van der Waals surface area contributed by atoms with Crippen molar-refractivity contribution >= 4 is 11.8 Å². The monoisotopic (exact) mass is 419 g/mol. The van der Waals surface area contributed by atoms with Crippen molar-refractivity contribution in [3.63, 3.8) is 0 Å². The average Bonchev–Trinajstić information content (AvgIpc) is 3.30. The van der Waals surface area contributed by atoms with E-state index in [1.165, 1.54) is 0 Å². The minimum absolute atomic E-state index is 0.0105. The summed E-state index contributed by atoms with van der Waals surface area (Å²) in [4.78, 5) is 34.3. The van der Waals surface area contributed by atoms with Crippen LogP contribution in [0.25, 0.3) is 11.1 Å². The molecule has 0 bridgehead atoms. The van der Waals surface area contributed by atoms with E-state index in [0.29, 0.717) is 39.2 Å². The highest BCUT2D eigenvalue weighted by atomic mass is 16.5. The summed E-state index contributed by atoms with van der Waals surface area (Å²) in [7, 11) is 0. The maximum absolute atomic E-state index is 13.4. The maximum Gasteiger partial charge on any atom is 0.251 e. The second-order valence-corrected chi connectivity index (χ2v) is 8.16. The quantitative estimate of drug-likeness (QED) is 0.676. The van der Waals surface area contributed by atoms with Gasteiger partial charge in [0, 0.05) is 50.7 Å². The normalized spacial score (nSPS) is 21.7. The standard InChI is InChI=1S/C25H29N3O3/c1-2-12-27-13-14-28(25(30)23-10-6-15-31-23)18-21(24(27)29)16-19-7-3-4-9-22(19)20-8-5-11-26-17-20/h2-5,7-9,11,17,21,23H,1,6,10,12-16,18H2/t21-,23+/m0/s1. The molecule has 162 valence electrons. The third kappa shape index (κ3) is 4.85. The van der Waals surface area contributed by atoms with Crippen LogP contribution in [0.4, 0.5) is 0 Å². The number of amides is 2. The van der Waals surface area contributed by atoms with Crippen LogP contribution in [0.5, 0.6) is 0 Å². The van der Waals surface area contributed by atoms with Gasteiger partial charge in [-0.25, -0.2) is 0 Å². The zero-order valence-electron chi connectivity index (χ0n) is 17.8. The minimum Gasteiger partial charge on any atom is -0.368 e. The second-order valence-electron chi connectivity index (χ2n) is 8.16. The summed E-state index contributed by atoms with van der Waals surface area (Å²) < 4.78 is 5.63. The molecule has 2 fully saturated rings. The first-order valence-corrected chi connectivity index (χ1v) is 11.0. The number of carbonyl (C=O) groups is 2. The molecule has 2 atom stereocenters. The van der Waals surface area contributed by atoms with Crippen LogP contribution in [0.1, 0.15) is 18.4 Å². The van der Waals surface area contributed by atoms with Crippen LogP contribution >= 0.6 is 0 Å². The largest absolute Gasteiger partial charge is 0.368 e. The van der Waals surface area contributed by atoms with E-state index in [-0.39, 0.29) is 23.8 Å². The van der Waals surface area contributed by atoms with E-state index >= 15 is 0 Å². The Morgan fingerprint density at radius 3 is 2.84 bits per heavy atom. The Balaban J connectivity index is 1.60. The van der Waals surface area contributed by atoms with Crippen LogP contribution in [0.15, 0.2) is 61.4 Å². The molecule has 3 heterocycles. The molecule has 6 nitrogen and oxygen atoms in total.